The summed E-state index contributed by atoms with van der Waals surface area (Å²) in [5, 5.41) is 0. The number of rotatable bonds is 5. The first kappa shape index (κ1) is 19.2. The second-order valence-corrected chi connectivity index (χ2v) is 7.66. The van der Waals surface area contributed by atoms with E-state index < -0.39 is 5.60 Å². The molecular weight excluding hydrogens is 338 g/mol. The van der Waals surface area contributed by atoms with Crippen molar-refractivity contribution < 1.29 is 14.3 Å². The summed E-state index contributed by atoms with van der Waals surface area (Å²) in [6, 6.07) is 20.1. The normalized spacial score (nSPS) is 18.7. The fourth-order valence-corrected chi connectivity index (χ4v) is 3.15. The molecule has 3 rings (SSSR count). The second-order valence-electron chi connectivity index (χ2n) is 7.66. The number of hydrogen-bond donors (Lipinski definition) is 0. The lowest BCUT2D eigenvalue weighted by Gasteiger charge is -2.24. The smallest absolute Gasteiger partial charge is 0.333 e. The van der Waals surface area contributed by atoms with Crippen LogP contribution in [0.3, 0.4) is 0 Å². The van der Waals surface area contributed by atoms with Gasteiger partial charge >= 0.3 is 5.97 Å². The summed E-state index contributed by atoms with van der Waals surface area (Å²) < 4.78 is 11.7. The molecule has 0 saturated carbocycles. The predicted molar refractivity (Wildman–Crippen MR) is 107 cm³/mol. The van der Waals surface area contributed by atoms with E-state index in [-0.39, 0.29) is 12.1 Å². The number of carbonyl (C=O) groups is 1. The lowest BCUT2D eigenvalue weighted by molar-refractivity contribution is -0.148. The average molecular weight is 365 g/mol. The lowest BCUT2D eigenvalue weighted by atomic mass is 10.2. The third-order valence-electron chi connectivity index (χ3n) is 4.29. The summed E-state index contributed by atoms with van der Waals surface area (Å²) in [4.78, 5) is 14.6. The highest BCUT2D eigenvalue weighted by atomic mass is 16.6. The van der Waals surface area contributed by atoms with Crippen LogP contribution in [-0.2, 0) is 20.9 Å². The van der Waals surface area contributed by atoms with E-state index >= 15 is 0 Å². The minimum absolute atomic E-state index is 0.141. The Kier molecular flexibility index (Phi) is 5.97. The van der Waals surface area contributed by atoms with Crippen molar-refractivity contribution in [3.05, 3.63) is 78.0 Å². The van der Waals surface area contributed by atoms with Crippen molar-refractivity contribution in [1.82, 2.24) is 0 Å². The van der Waals surface area contributed by atoms with E-state index in [1.165, 1.54) is 0 Å². The van der Waals surface area contributed by atoms with E-state index in [4.69, 9.17) is 9.47 Å². The molecule has 1 aliphatic heterocycles. The molecule has 1 atom stereocenters. The Bertz CT molecular complexity index is 778. The third-order valence-corrected chi connectivity index (χ3v) is 4.29. The average Bonchev–Trinajstić information content (AvgIpc) is 3.02. The number of hydrogen-bond acceptors (Lipinski definition) is 4. The molecule has 1 fully saturated rings. The fraction of sp³-hybridized carbons (Fsp3) is 0.348. The van der Waals surface area contributed by atoms with Crippen LogP contribution in [0.1, 0.15) is 32.8 Å². The van der Waals surface area contributed by atoms with Gasteiger partial charge in [0, 0.05) is 18.3 Å². The van der Waals surface area contributed by atoms with Crippen LogP contribution in [0.4, 0.5) is 5.69 Å². The van der Waals surface area contributed by atoms with Crippen LogP contribution in [0.5, 0.6) is 0 Å². The molecular formula is C23H27NO3. The number of anilines is 1. The number of ether oxygens (including phenoxy) is 2. The molecule has 142 valence electrons. The summed E-state index contributed by atoms with van der Waals surface area (Å²) in [5.74, 6) is -0.339. The first-order valence-corrected chi connectivity index (χ1v) is 9.35. The van der Waals surface area contributed by atoms with Crippen LogP contribution in [0.15, 0.2) is 72.4 Å². The van der Waals surface area contributed by atoms with Crippen molar-refractivity contribution in [1.29, 1.82) is 0 Å². The van der Waals surface area contributed by atoms with Gasteiger partial charge in [-0.3, -0.25) is 0 Å². The van der Waals surface area contributed by atoms with Crippen LogP contribution in [0.2, 0.25) is 0 Å². The van der Waals surface area contributed by atoms with E-state index in [1.54, 1.807) is 6.08 Å². The van der Waals surface area contributed by atoms with Crippen LogP contribution < -0.4 is 4.90 Å². The van der Waals surface area contributed by atoms with Gasteiger partial charge in [0.1, 0.15) is 5.60 Å². The standard InChI is InChI=1S/C23H27NO3/c1-23(2,3)27-22(25)16-20-21(26-17-18-10-6-4-7-11-18)14-15-24(20)19-12-8-5-9-13-19/h4-13,16,21H,14-15,17H2,1-3H3/b20-16+. The van der Waals surface area contributed by atoms with Crippen LogP contribution in [0, 0.1) is 0 Å². The molecule has 1 heterocycles. The highest BCUT2D eigenvalue weighted by molar-refractivity contribution is 5.84. The van der Waals surface area contributed by atoms with Gasteiger partial charge in [-0.15, -0.1) is 0 Å². The summed E-state index contributed by atoms with van der Waals surface area (Å²) in [6.07, 6.45) is 2.27. The second kappa shape index (κ2) is 8.40. The monoisotopic (exact) mass is 365 g/mol. The van der Waals surface area contributed by atoms with Gasteiger partial charge in [0.2, 0.25) is 0 Å². The van der Waals surface area contributed by atoms with Crippen LogP contribution in [-0.4, -0.2) is 24.2 Å². The molecule has 1 saturated heterocycles. The number of carbonyl (C=O) groups excluding carboxylic acids is 1. The summed E-state index contributed by atoms with van der Waals surface area (Å²) in [5.41, 5.74) is 2.50. The van der Waals surface area contributed by atoms with Gasteiger partial charge in [-0.1, -0.05) is 48.5 Å². The Morgan fingerprint density at radius 1 is 1.07 bits per heavy atom. The molecule has 27 heavy (non-hydrogen) atoms. The van der Waals surface area contributed by atoms with Gasteiger partial charge in [-0.2, -0.15) is 0 Å². The van der Waals surface area contributed by atoms with Gasteiger partial charge in [0.05, 0.1) is 18.4 Å². The molecule has 2 aromatic carbocycles. The lowest BCUT2D eigenvalue weighted by Crippen LogP contribution is -2.26. The van der Waals surface area contributed by atoms with E-state index in [0.717, 1.165) is 29.9 Å². The molecule has 1 aliphatic rings. The number of benzene rings is 2. The molecule has 1 unspecified atom stereocenters. The Morgan fingerprint density at radius 3 is 2.33 bits per heavy atom. The SMILES string of the molecule is CC(C)(C)OC(=O)/C=C1\C(OCc2ccccc2)CCN1c1ccccc1. The number of para-hydroxylation sites is 1. The summed E-state index contributed by atoms with van der Waals surface area (Å²) in [7, 11) is 0. The molecule has 0 spiro atoms. The molecule has 4 nitrogen and oxygen atoms in total. The van der Waals surface area contributed by atoms with Crippen molar-refractivity contribution in [2.24, 2.45) is 0 Å². The Labute approximate surface area is 161 Å². The molecule has 0 N–H and O–H groups in total. The van der Waals surface area contributed by atoms with E-state index in [1.807, 2.05) is 81.4 Å². The van der Waals surface area contributed by atoms with Crippen LogP contribution in [0.25, 0.3) is 0 Å². The van der Waals surface area contributed by atoms with Gasteiger partial charge in [-0.25, -0.2) is 4.79 Å². The maximum absolute atomic E-state index is 12.4. The highest BCUT2D eigenvalue weighted by Gasteiger charge is 2.31. The minimum Gasteiger partial charge on any atom is -0.457 e. The largest absolute Gasteiger partial charge is 0.457 e. The molecule has 0 aliphatic carbocycles. The molecule has 0 radical (unpaired) electrons. The summed E-state index contributed by atoms with van der Waals surface area (Å²) in [6.45, 7) is 6.93. The van der Waals surface area contributed by atoms with Gasteiger partial charge in [0.25, 0.3) is 0 Å². The Hall–Kier alpha value is -2.59. The van der Waals surface area contributed by atoms with Crippen molar-refractivity contribution in [3.63, 3.8) is 0 Å². The number of esters is 1. The zero-order valence-electron chi connectivity index (χ0n) is 16.2. The van der Waals surface area contributed by atoms with E-state index in [0.29, 0.717) is 6.61 Å². The molecule has 2 aromatic rings. The number of nitrogens with zero attached hydrogens (tertiary/aromatic N) is 1. The van der Waals surface area contributed by atoms with Gasteiger partial charge in [0.15, 0.2) is 0 Å². The quantitative estimate of drug-likeness (QED) is 0.568. The predicted octanol–water partition coefficient (Wildman–Crippen LogP) is 4.71. The topological polar surface area (TPSA) is 38.8 Å². The van der Waals surface area contributed by atoms with E-state index in [9.17, 15) is 4.79 Å². The fourth-order valence-electron chi connectivity index (χ4n) is 3.15. The first-order chi connectivity index (χ1) is 12.9. The Balaban J connectivity index is 1.80. The molecule has 0 amide bonds. The highest BCUT2D eigenvalue weighted by Crippen LogP contribution is 2.31. The zero-order valence-corrected chi connectivity index (χ0v) is 16.2. The first-order valence-electron chi connectivity index (χ1n) is 9.35. The van der Waals surface area contributed by atoms with Gasteiger partial charge in [-0.05, 0) is 44.9 Å². The minimum atomic E-state index is -0.523. The van der Waals surface area contributed by atoms with Crippen molar-refractivity contribution in [2.45, 2.75) is 45.5 Å². The molecule has 0 bridgehead atoms. The van der Waals surface area contributed by atoms with Crippen molar-refractivity contribution in [3.8, 4) is 0 Å². The summed E-state index contributed by atoms with van der Waals surface area (Å²) >= 11 is 0. The van der Waals surface area contributed by atoms with Gasteiger partial charge < -0.3 is 14.4 Å². The molecule has 0 aromatic heterocycles. The zero-order chi connectivity index (χ0) is 19.3. The maximum Gasteiger partial charge on any atom is 0.333 e. The molecule has 4 heteroatoms. The van der Waals surface area contributed by atoms with E-state index in [2.05, 4.69) is 4.90 Å². The maximum atomic E-state index is 12.4. The van der Waals surface area contributed by atoms with Crippen LogP contribution >= 0.6 is 0 Å². The van der Waals surface area contributed by atoms with Crippen molar-refractivity contribution >= 4 is 11.7 Å². The van der Waals surface area contributed by atoms with Crippen molar-refractivity contribution in [2.75, 3.05) is 11.4 Å². The Morgan fingerprint density at radius 2 is 1.70 bits per heavy atom. The third kappa shape index (κ3) is 5.44.